The zero-order valence-electron chi connectivity index (χ0n) is 17.7. The van der Waals surface area contributed by atoms with Gasteiger partial charge in [0.25, 0.3) is 0 Å². The van der Waals surface area contributed by atoms with Gasteiger partial charge in [-0.1, -0.05) is 43.7 Å². The van der Waals surface area contributed by atoms with E-state index in [9.17, 15) is 9.59 Å². The van der Waals surface area contributed by atoms with Crippen LogP contribution in [0.3, 0.4) is 0 Å². The van der Waals surface area contributed by atoms with Gasteiger partial charge in [-0.15, -0.1) is 0 Å². The van der Waals surface area contributed by atoms with E-state index in [0.717, 1.165) is 38.9 Å². The number of rotatable bonds is 8. The maximum Gasteiger partial charge on any atom is 0.317 e. The molecule has 0 aliphatic carbocycles. The molecule has 2 aliphatic heterocycles. The zero-order valence-corrected chi connectivity index (χ0v) is 17.7. The van der Waals surface area contributed by atoms with E-state index in [4.69, 9.17) is 0 Å². The number of piperidine rings is 1. The van der Waals surface area contributed by atoms with Crippen LogP contribution in [0, 0.1) is 5.92 Å². The van der Waals surface area contributed by atoms with Crippen molar-refractivity contribution in [3.63, 3.8) is 0 Å². The molecule has 0 unspecified atom stereocenters. The summed E-state index contributed by atoms with van der Waals surface area (Å²) >= 11 is 0. The smallest absolute Gasteiger partial charge is 0.317 e. The maximum absolute atomic E-state index is 12.9. The van der Waals surface area contributed by atoms with Crippen molar-refractivity contribution < 1.29 is 9.59 Å². The topological polar surface area (TPSA) is 64.7 Å². The Labute approximate surface area is 175 Å². The summed E-state index contributed by atoms with van der Waals surface area (Å²) in [4.78, 5) is 29.8. The molecule has 0 bridgehead atoms. The fourth-order valence-electron chi connectivity index (χ4n) is 4.39. The van der Waals surface area contributed by atoms with Crippen LogP contribution in [0.2, 0.25) is 0 Å². The van der Waals surface area contributed by atoms with E-state index in [1.165, 1.54) is 18.4 Å². The molecule has 2 saturated heterocycles. The molecule has 2 atom stereocenters. The highest BCUT2D eigenvalue weighted by atomic mass is 16.2. The molecule has 2 fully saturated rings. The van der Waals surface area contributed by atoms with Crippen LogP contribution in [0.25, 0.3) is 0 Å². The van der Waals surface area contributed by atoms with E-state index < -0.39 is 0 Å². The minimum absolute atomic E-state index is 0.0473. The van der Waals surface area contributed by atoms with E-state index >= 15 is 0 Å². The quantitative estimate of drug-likeness (QED) is 0.660. The summed E-state index contributed by atoms with van der Waals surface area (Å²) < 4.78 is 0. The molecule has 6 nitrogen and oxygen atoms in total. The molecule has 29 heavy (non-hydrogen) atoms. The number of likely N-dealkylation sites (tertiary alicyclic amines) is 2. The molecule has 0 spiro atoms. The van der Waals surface area contributed by atoms with Crippen molar-refractivity contribution >= 4 is 11.9 Å². The van der Waals surface area contributed by atoms with Gasteiger partial charge in [-0.05, 0) is 44.3 Å². The summed E-state index contributed by atoms with van der Waals surface area (Å²) in [6.45, 7) is 7.85. The lowest BCUT2D eigenvalue weighted by molar-refractivity contribution is -0.126. The largest absolute Gasteiger partial charge is 0.355 e. The van der Waals surface area contributed by atoms with E-state index in [1.807, 2.05) is 23.1 Å². The van der Waals surface area contributed by atoms with Gasteiger partial charge in [-0.25, -0.2) is 4.79 Å². The number of nitrogens with one attached hydrogen (secondary N) is 2. The van der Waals surface area contributed by atoms with E-state index in [-0.39, 0.29) is 23.8 Å². The van der Waals surface area contributed by atoms with Crippen molar-refractivity contribution in [3.8, 4) is 0 Å². The van der Waals surface area contributed by atoms with Crippen molar-refractivity contribution in [1.82, 2.24) is 20.4 Å². The molecular weight excluding hydrogens is 364 g/mol. The molecule has 0 aromatic heterocycles. The standard InChI is InChI=1S/C23H36N4O2/c1-2-3-11-25-23(29)27-17-20(19-9-5-4-6-10-19)16-21(18-27)22(28)24-12-15-26-13-7-8-14-26/h4-6,9-10,20-21H,2-3,7-8,11-18H2,1H3,(H,24,28)(H,25,29)/t20-,21+/m1/s1. The summed E-state index contributed by atoms with van der Waals surface area (Å²) in [5.41, 5.74) is 1.20. The highest BCUT2D eigenvalue weighted by Gasteiger charge is 2.34. The average molecular weight is 401 g/mol. The van der Waals surface area contributed by atoms with Crippen LogP contribution >= 0.6 is 0 Å². The van der Waals surface area contributed by atoms with Crippen LogP contribution in [-0.4, -0.2) is 67.6 Å². The molecule has 6 heteroatoms. The predicted molar refractivity (Wildman–Crippen MR) is 116 cm³/mol. The predicted octanol–water partition coefficient (Wildman–Crippen LogP) is 2.81. The van der Waals surface area contributed by atoms with Gasteiger partial charge in [-0.3, -0.25) is 4.79 Å². The van der Waals surface area contributed by atoms with E-state index in [0.29, 0.717) is 26.2 Å². The molecule has 2 heterocycles. The number of carbonyl (C=O) groups excluding carboxylic acids is 2. The minimum Gasteiger partial charge on any atom is -0.355 e. The normalized spacial score (nSPS) is 22.4. The van der Waals surface area contributed by atoms with Crippen LogP contribution in [0.4, 0.5) is 4.79 Å². The SMILES string of the molecule is CCCCNC(=O)N1C[C@@H](C(=O)NCCN2CCCC2)C[C@@H](c2ccccc2)C1. The Bertz CT molecular complexity index is 646. The number of hydrogen-bond acceptors (Lipinski definition) is 3. The number of carbonyl (C=O) groups is 2. The summed E-state index contributed by atoms with van der Waals surface area (Å²) in [7, 11) is 0. The Morgan fingerprint density at radius 3 is 2.52 bits per heavy atom. The van der Waals surface area contributed by atoms with Crippen molar-refractivity contribution in [1.29, 1.82) is 0 Å². The Hall–Kier alpha value is -2.08. The van der Waals surface area contributed by atoms with Crippen LogP contribution < -0.4 is 10.6 Å². The third kappa shape index (κ3) is 6.46. The van der Waals surface area contributed by atoms with Gasteiger partial charge in [0.05, 0.1) is 5.92 Å². The number of amides is 3. The Morgan fingerprint density at radius 1 is 1.03 bits per heavy atom. The second kappa shape index (κ2) is 11.2. The summed E-state index contributed by atoms with van der Waals surface area (Å²) in [5.74, 6) is 0.108. The second-order valence-corrected chi connectivity index (χ2v) is 8.37. The van der Waals surface area contributed by atoms with Gasteiger partial charge in [0.1, 0.15) is 0 Å². The first-order valence-electron chi connectivity index (χ1n) is 11.2. The number of hydrogen-bond donors (Lipinski definition) is 2. The van der Waals surface area contributed by atoms with Crippen LogP contribution in [0.5, 0.6) is 0 Å². The van der Waals surface area contributed by atoms with Crippen molar-refractivity contribution in [2.24, 2.45) is 5.92 Å². The highest BCUT2D eigenvalue weighted by molar-refractivity contribution is 5.81. The number of benzene rings is 1. The monoisotopic (exact) mass is 400 g/mol. The molecule has 3 amide bonds. The Morgan fingerprint density at radius 2 is 1.79 bits per heavy atom. The minimum atomic E-state index is -0.163. The Kier molecular flexibility index (Phi) is 8.35. The second-order valence-electron chi connectivity index (χ2n) is 8.37. The molecule has 1 aromatic carbocycles. The van der Waals surface area contributed by atoms with Gasteiger partial charge in [0.15, 0.2) is 0 Å². The van der Waals surface area contributed by atoms with Gasteiger partial charge in [0, 0.05) is 38.6 Å². The third-order valence-corrected chi connectivity index (χ3v) is 6.11. The summed E-state index contributed by atoms with van der Waals surface area (Å²) in [6.07, 6.45) is 5.34. The maximum atomic E-state index is 12.9. The van der Waals surface area contributed by atoms with E-state index in [2.05, 4.69) is 34.6 Å². The van der Waals surface area contributed by atoms with Crippen molar-refractivity contribution in [2.75, 3.05) is 45.8 Å². The van der Waals surface area contributed by atoms with Crippen molar-refractivity contribution in [2.45, 2.75) is 44.9 Å². The lowest BCUT2D eigenvalue weighted by atomic mass is 9.84. The molecule has 160 valence electrons. The molecule has 1 aromatic rings. The first kappa shape index (κ1) is 21.6. The molecule has 3 rings (SSSR count). The zero-order chi connectivity index (χ0) is 20.5. The van der Waals surface area contributed by atoms with Crippen LogP contribution in [-0.2, 0) is 4.79 Å². The molecule has 2 N–H and O–H groups in total. The number of nitrogens with zero attached hydrogens (tertiary/aromatic N) is 2. The average Bonchev–Trinajstić information content (AvgIpc) is 3.27. The Balaban J connectivity index is 1.59. The van der Waals surface area contributed by atoms with Crippen LogP contribution in [0.15, 0.2) is 30.3 Å². The molecular formula is C23H36N4O2. The number of unbranched alkanes of at least 4 members (excludes halogenated alkanes) is 1. The first-order valence-corrected chi connectivity index (χ1v) is 11.2. The first-order chi connectivity index (χ1) is 14.2. The van der Waals surface area contributed by atoms with Gasteiger partial charge in [-0.2, -0.15) is 0 Å². The fourth-order valence-corrected chi connectivity index (χ4v) is 4.39. The van der Waals surface area contributed by atoms with Crippen LogP contribution in [0.1, 0.15) is 50.5 Å². The fraction of sp³-hybridized carbons (Fsp3) is 0.652. The van der Waals surface area contributed by atoms with Gasteiger partial charge >= 0.3 is 6.03 Å². The van der Waals surface area contributed by atoms with E-state index in [1.54, 1.807) is 0 Å². The van der Waals surface area contributed by atoms with Crippen molar-refractivity contribution in [3.05, 3.63) is 35.9 Å². The lowest BCUT2D eigenvalue weighted by Crippen LogP contribution is -2.51. The molecule has 2 aliphatic rings. The van der Waals surface area contributed by atoms with Gasteiger partial charge in [0.2, 0.25) is 5.91 Å². The molecule has 0 saturated carbocycles. The number of urea groups is 1. The summed E-state index contributed by atoms with van der Waals surface area (Å²) in [5, 5.41) is 6.14. The lowest BCUT2D eigenvalue weighted by Gasteiger charge is -2.37. The summed E-state index contributed by atoms with van der Waals surface area (Å²) in [6, 6.07) is 10.2. The van der Waals surface area contributed by atoms with Gasteiger partial charge < -0.3 is 20.4 Å². The molecule has 0 radical (unpaired) electrons. The highest BCUT2D eigenvalue weighted by Crippen LogP contribution is 2.30. The third-order valence-electron chi connectivity index (χ3n) is 6.11.